The molecule has 0 bridgehead atoms. The molecule has 0 saturated carbocycles. The van der Waals surface area contributed by atoms with E-state index in [1.165, 1.54) is 0 Å². The fourth-order valence-electron chi connectivity index (χ4n) is 1.33. The van der Waals surface area contributed by atoms with E-state index in [2.05, 4.69) is 9.97 Å². The maximum absolute atomic E-state index is 9.57. The molecule has 0 spiro atoms. The molecule has 68 valence electrons. The van der Waals surface area contributed by atoms with Gasteiger partial charge >= 0.3 is 0 Å². The summed E-state index contributed by atoms with van der Waals surface area (Å²) in [5.74, 6) is 0.761. The van der Waals surface area contributed by atoms with Crippen LogP contribution >= 0.6 is 0 Å². The Labute approximate surface area is 75.2 Å². The predicted molar refractivity (Wildman–Crippen MR) is 47.7 cm³/mol. The van der Waals surface area contributed by atoms with Crippen molar-refractivity contribution in [3.63, 3.8) is 0 Å². The summed E-state index contributed by atoms with van der Waals surface area (Å²) in [6.07, 6.45) is 0. The van der Waals surface area contributed by atoms with E-state index in [1.807, 2.05) is 0 Å². The fraction of sp³-hybridized carbons (Fsp3) is 0.333. The maximum Gasteiger partial charge on any atom is 0.247 e. The van der Waals surface area contributed by atoms with E-state index in [0.717, 1.165) is 5.56 Å². The van der Waals surface area contributed by atoms with Crippen molar-refractivity contribution >= 4 is 11.2 Å². The first kappa shape index (κ1) is 8.04. The minimum absolute atomic E-state index is 0.195. The molecule has 2 heterocycles. The van der Waals surface area contributed by atoms with Crippen molar-refractivity contribution in [3.8, 4) is 5.75 Å². The highest BCUT2D eigenvalue weighted by molar-refractivity contribution is 5.75. The number of pyridine rings is 1. The van der Waals surface area contributed by atoms with Crippen molar-refractivity contribution in [2.75, 3.05) is 0 Å². The molecule has 0 saturated heterocycles. The number of aromatic hydroxyl groups is 1. The summed E-state index contributed by atoms with van der Waals surface area (Å²) < 4.78 is 5.25. The zero-order valence-corrected chi connectivity index (χ0v) is 7.75. The molecule has 2 aromatic heterocycles. The third-order valence-electron chi connectivity index (χ3n) is 2.04. The standard InChI is InChI=1S/C9H10N2O2/c1-4-7-9(13-6(3)11-7)10-5(2)8(4)12/h12H,1-3H3. The third-order valence-corrected chi connectivity index (χ3v) is 2.04. The van der Waals surface area contributed by atoms with Gasteiger partial charge in [-0.1, -0.05) is 0 Å². The first-order valence-electron chi connectivity index (χ1n) is 4.03. The molecule has 0 aliphatic rings. The number of hydrogen-bond donors (Lipinski definition) is 1. The van der Waals surface area contributed by atoms with Gasteiger partial charge in [-0.05, 0) is 13.8 Å². The lowest BCUT2D eigenvalue weighted by Crippen LogP contribution is -1.87. The van der Waals surface area contributed by atoms with Crippen molar-refractivity contribution < 1.29 is 9.52 Å². The van der Waals surface area contributed by atoms with Gasteiger partial charge in [0.05, 0.1) is 5.69 Å². The quantitative estimate of drug-likeness (QED) is 0.668. The highest BCUT2D eigenvalue weighted by Gasteiger charge is 2.12. The number of rotatable bonds is 0. The van der Waals surface area contributed by atoms with Gasteiger partial charge in [0, 0.05) is 12.5 Å². The highest BCUT2D eigenvalue weighted by Crippen LogP contribution is 2.27. The van der Waals surface area contributed by atoms with Crippen LogP contribution in [0.4, 0.5) is 0 Å². The molecule has 1 N–H and O–H groups in total. The Morgan fingerprint density at radius 2 is 1.85 bits per heavy atom. The van der Waals surface area contributed by atoms with Gasteiger partial charge in [0.25, 0.3) is 0 Å². The van der Waals surface area contributed by atoms with Crippen LogP contribution < -0.4 is 0 Å². The highest BCUT2D eigenvalue weighted by atomic mass is 16.4. The molecular formula is C9H10N2O2. The molecular weight excluding hydrogens is 168 g/mol. The van der Waals surface area contributed by atoms with Gasteiger partial charge in [-0.15, -0.1) is 0 Å². The molecule has 0 radical (unpaired) electrons. The fourth-order valence-corrected chi connectivity index (χ4v) is 1.33. The normalized spacial score (nSPS) is 11.0. The molecule has 0 unspecified atom stereocenters. The summed E-state index contributed by atoms with van der Waals surface area (Å²) in [6.45, 7) is 5.29. The Morgan fingerprint density at radius 1 is 1.15 bits per heavy atom. The van der Waals surface area contributed by atoms with E-state index >= 15 is 0 Å². The summed E-state index contributed by atoms with van der Waals surface area (Å²) >= 11 is 0. The zero-order valence-electron chi connectivity index (χ0n) is 7.75. The average Bonchev–Trinajstić information content (AvgIpc) is 2.42. The van der Waals surface area contributed by atoms with Crippen molar-refractivity contribution in [2.24, 2.45) is 0 Å². The zero-order chi connectivity index (χ0) is 9.59. The van der Waals surface area contributed by atoms with Crippen LogP contribution in [-0.4, -0.2) is 15.1 Å². The van der Waals surface area contributed by atoms with E-state index in [-0.39, 0.29) is 5.75 Å². The SMILES string of the molecule is Cc1nc2c(C)c(O)c(C)nc2o1. The molecule has 0 amide bonds. The number of fused-ring (bicyclic) bond motifs is 1. The predicted octanol–water partition coefficient (Wildman–Crippen LogP) is 1.85. The van der Waals surface area contributed by atoms with Crippen molar-refractivity contribution in [1.82, 2.24) is 9.97 Å². The van der Waals surface area contributed by atoms with Crippen molar-refractivity contribution in [1.29, 1.82) is 0 Å². The van der Waals surface area contributed by atoms with Crippen LogP contribution in [0.15, 0.2) is 4.42 Å². The van der Waals surface area contributed by atoms with Gasteiger partial charge in [-0.25, -0.2) is 9.97 Å². The Balaban J connectivity index is 2.92. The molecule has 0 aliphatic heterocycles. The second-order valence-electron chi connectivity index (χ2n) is 3.06. The first-order chi connectivity index (χ1) is 6.09. The van der Waals surface area contributed by atoms with Crippen LogP contribution in [0, 0.1) is 20.8 Å². The molecule has 2 aromatic rings. The first-order valence-corrected chi connectivity index (χ1v) is 4.03. The second kappa shape index (κ2) is 2.45. The Kier molecular flexibility index (Phi) is 1.52. The summed E-state index contributed by atoms with van der Waals surface area (Å²) in [5, 5.41) is 9.57. The van der Waals surface area contributed by atoms with Crippen LogP contribution in [0.3, 0.4) is 0 Å². The van der Waals surface area contributed by atoms with Crippen LogP contribution in [0.25, 0.3) is 11.2 Å². The molecule has 13 heavy (non-hydrogen) atoms. The minimum atomic E-state index is 0.195. The maximum atomic E-state index is 9.57. The molecule has 0 fully saturated rings. The summed E-state index contributed by atoms with van der Waals surface area (Å²) in [5.41, 5.74) is 2.42. The largest absolute Gasteiger partial charge is 0.506 e. The molecule has 0 aromatic carbocycles. The number of nitrogens with zero attached hydrogens (tertiary/aromatic N) is 2. The molecule has 4 heteroatoms. The van der Waals surface area contributed by atoms with Gasteiger partial charge < -0.3 is 9.52 Å². The van der Waals surface area contributed by atoms with Crippen molar-refractivity contribution in [3.05, 3.63) is 17.1 Å². The Hall–Kier alpha value is -1.58. The van der Waals surface area contributed by atoms with Crippen LogP contribution in [0.5, 0.6) is 5.75 Å². The van der Waals surface area contributed by atoms with E-state index in [4.69, 9.17) is 4.42 Å². The van der Waals surface area contributed by atoms with Crippen LogP contribution in [0.1, 0.15) is 17.1 Å². The van der Waals surface area contributed by atoms with E-state index in [0.29, 0.717) is 22.8 Å². The third kappa shape index (κ3) is 1.06. The monoisotopic (exact) mass is 178 g/mol. The van der Waals surface area contributed by atoms with E-state index < -0.39 is 0 Å². The van der Waals surface area contributed by atoms with Gasteiger partial charge in [-0.2, -0.15) is 0 Å². The topological polar surface area (TPSA) is 59.2 Å². The Morgan fingerprint density at radius 3 is 2.54 bits per heavy atom. The number of aryl methyl sites for hydroxylation is 3. The number of oxazole rings is 1. The lowest BCUT2D eigenvalue weighted by Gasteiger charge is -2.00. The average molecular weight is 178 g/mol. The second-order valence-corrected chi connectivity index (χ2v) is 3.06. The van der Waals surface area contributed by atoms with Gasteiger partial charge in [0.15, 0.2) is 5.89 Å². The molecule has 0 aliphatic carbocycles. The Bertz CT molecular complexity index is 474. The minimum Gasteiger partial charge on any atom is -0.506 e. The van der Waals surface area contributed by atoms with Crippen LogP contribution in [0.2, 0.25) is 0 Å². The molecule has 2 rings (SSSR count). The van der Waals surface area contributed by atoms with Gasteiger partial charge in [0.2, 0.25) is 5.71 Å². The lowest BCUT2D eigenvalue weighted by atomic mass is 10.2. The van der Waals surface area contributed by atoms with Gasteiger partial charge in [0.1, 0.15) is 11.3 Å². The smallest absolute Gasteiger partial charge is 0.247 e. The summed E-state index contributed by atoms with van der Waals surface area (Å²) in [7, 11) is 0. The lowest BCUT2D eigenvalue weighted by molar-refractivity contribution is 0.463. The molecule has 0 atom stereocenters. The number of aromatic nitrogens is 2. The summed E-state index contributed by atoms with van der Waals surface area (Å²) in [4.78, 5) is 8.20. The van der Waals surface area contributed by atoms with E-state index in [1.54, 1.807) is 20.8 Å². The van der Waals surface area contributed by atoms with Crippen LogP contribution in [-0.2, 0) is 0 Å². The van der Waals surface area contributed by atoms with E-state index in [9.17, 15) is 5.11 Å². The number of hydrogen-bond acceptors (Lipinski definition) is 4. The van der Waals surface area contributed by atoms with Gasteiger partial charge in [-0.3, -0.25) is 0 Å². The molecule has 4 nitrogen and oxygen atoms in total. The summed E-state index contributed by atoms with van der Waals surface area (Å²) in [6, 6.07) is 0. The van der Waals surface area contributed by atoms with Crippen molar-refractivity contribution in [2.45, 2.75) is 20.8 Å².